The molecule has 1 saturated heterocycles. The number of carbonyl (C=O) groups excluding carboxylic acids is 1. The monoisotopic (exact) mass is 274 g/mol. The molecule has 0 spiro atoms. The molecule has 19 heavy (non-hydrogen) atoms. The molecule has 1 atom stereocenters. The molecule has 1 rings (SSSR count). The van der Waals surface area contributed by atoms with Gasteiger partial charge in [0.25, 0.3) is 5.97 Å². The zero-order valence-corrected chi connectivity index (χ0v) is 10.9. The molecule has 0 aromatic rings. The van der Waals surface area contributed by atoms with Gasteiger partial charge >= 0.3 is 11.9 Å². The quantitative estimate of drug-likeness (QED) is 0.444. The lowest BCUT2D eigenvalue weighted by Crippen LogP contribution is -2.09. The number of carboxylic acids is 2. The Morgan fingerprint density at radius 1 is 1.37 bits per heavy atom. The minimum atomic E-state index is -0.981. The van der Waals surface area contributed by atoms with Crippen LogP contribution in [0.2, 0.25) is 0 Å². The lowest BCUT2D eigenvalue weighted by atomic mass is 10.4. The van der Waals surface area contributed by atoms with Crippen molar-refractivity contribution in [3.05, 3.63) is 24.8 Å². The minimum Gasteiger partial charge on any atom is -0.481 e. The number of ether oxygens (including phenoxy) is 2. The summed E-state index contributed by atoms with van der Waals surface area (Å²) in [6.45, 7) is 10.2. The fourth-order valence-corrected chi connectivity index (χ4v) is 0.456. The molecule has 7 heteroatoms. The van der Waals surface area contributed by atoms with Gasteiger partial charge < -0.3 is 19.7 Å². The fourth-order valence-electron chi connectivity index (χ4n) is 0.456. The normalized spacial score (nSPS) is 14.5. The van der Waals surface area contributed by atoms with Crippen LogP contribution in [0.5, 0.6) is 0 Å². The summed E-state index contributed by atoms with van der Waals surface area (Å²) >= 11 is 0. The van der Waals surface area contributed by atoms with Crippen LogP contribution in [0.25, 0.3) is 0 Å². The summed E-state index contributed by atoms with van der Waals surface area (Å²) in [5, 5.41) is 15.0. The summed E-state index contributed by atoms with van der Waals surface area (Å²) in [6.07, 6.45) is 0.975. The smallest absolute Gasteiger partial charge is 0.333 e. The Hall–Kier alpha value is -2.15. The van der Waals surface area contributed by atoms with E-state index in [0.29, 0.717) is 18.8 Å². The van der Waals surface area contributed by atoms with Crippen LogP contribution < -0.4 is 0 Å². The molecule has 1 aliphatic heterocycles. The summed E-state index contributed by atoms with van der Waals surface area (Å²) in [5.74, 6) is -2.15. The first kappa shape index (κ1) is 19.2. The van der Waals surface area contributed by atoms with Crippen molar-refractivity contribution in [3.63, 3.8) is 0 Å². The van der Waals surface area contributed by atoms with Crippen LogP contribution in [-0.2, 0) is 23.9 Å². The molecule has 1 fully saturated rings. The first-order valence-corrected chi connectivity index (χ1v) is 5.19. The lowest BCUT2D eigenvalue weighted by molar-refractivity contribution is -0.139. The molecule has 0 bridgehead atoms. The van der Waals surface area contributed by atoms with Gasteiger partial charge in [0.05, 0.1) is 6.61 Å². The summed E-state index contributed by atoms with van der Waals surface area (Å²) in [6, 6.07) is 0. The van der Waals surface area contributed by atoms with E-state index >= 15 is 0 Å². The number of esters is 1. The largest absolute Gasteiger partial charge is 0.481 e. The zero-order valence-electron chi connectivity index (χ0n) is 10.9. The number of epoxide rings is 1. The van der Waals surface area contributed by atoms with Gasteiger partial charge in [-0.15, -0.1) is 0 Å². The second-order valence-corrected chi connectivity index (χ2v) is 3.40. The van der Waals surface area contributed by atoms with Crippen molar-refractivity contribution in [3.8, 4) is 0 Å². The van der Waals surface area contributed by atoms with Crippen molar-refractivity contribution >= 4 is 17.9 Å². The molecule has 1 aliphatic rings. The Morgan fingerprint density at radius 3 is 1.95 bits per heavy atom. The van der Waals surface area contributed by atoms with Gasteiger partial charge in [0.2, 0.25) is 0 Å². The standard InChI is InChI=1S/C7H10O3.C3H4O2.C2H4O2/c1-5(2)7(8)10-4-6-3-9-6;1-2-3(4)5;1-2(3)4/h6H,1,3-4H2,2H3;2H,1H2,(H,4,5);1H3,(H,3,4). The minimum absolute atomic E-state index is 0.142. The van der Waals surface area contributed by atoms with Crippen molar-refractivity contribution in [2.45, 2.75) is 20.0 Å². The number of aliphatic carboxylic acids is 2. The van der Waals surface area contributed by atoms with Crippen LogP contribution in [0.4, 0.5) is 0 Å². The van der Waals surface area contributed by atoms with Crippen molar-refractivity contribution in [1.82, 2.24) is 0 Å². The lowest BCUT2D eigenvalue weighted by Gasteiger charge is -1.99. The predicted octanol–water partition coefficient (Wildman–Crippen LogP) is 0.852. The van der Waals surface area contributed by atoms with Crippen molar-refractivity contribution in [2.24, 2.45) is 0 Å². The van der Waals surface area contributed by atoms with Crippen LogP contribution in [0.1, 0.15) is 13.8 Å². The van der Waals surface area contributed by atoms with E-state index in [-0.39, 0.29) is 12.1 Å². The highest BCUT2D eigenvalue weighted by Gasteiger charge is 2.24. The van der Waals surface area contributed by atoms with E-state index in [0.717, 1.165) is 13.0 Å². The maximum atomic E-state index is 10.7. The summed E-state index contributed by atoms with van der Waals surface area (Å²) in [5.41, 5.74) is 0.431. The van der Waals surface area contributed by atoms with E-state index in [1.165, 1.54) is 0 Å². The Balaban J connectivity index is 0. The molecule has 0 amide bonds. The van der Waals surface area contributed by atoms with Gasteiger partial charge in [0.15, 0.2) is 0 Å². The third-order valence-corrected chi connectivity index (χ3v) is 1.33. The van der Waals surface area contributed by atoms with Crippen LogP contribution in [-0.4, -0.2) is 47.4 Å². The summed E-state index contributed by atoms with van der Waals surface area (Å²) < 4.78 is 9.60. The van der Waals surface area contributed by atoms with Crippen LogP contribution in [0, 0.1) is 0 Å². The molecule has 0 aliphatic carbocycles. The molecule has 0 aromatic carbocycles. The molecule has 0 radical (unpaired) electrons. The Morgan fingerprint density at radius 2 is 1.74 bits per heavy atom. The van der Waals surface area contributed by atoms with Gasteiger partial charge in [0, 0.05) is 18.6 Å². The molecule has 1 heterocycles. The number of hydrogen-bond acceptors (Lipinski definition) is 5. The molecule has 2 N–H and O–H groups in total. The third-order valence-electron chi connectivity index (χ3n) is 1.33. The number of hydrogen-bond donors (Lipinski definition) is 2. The molecule has 0 saturated carbocycles. The van der Waals surface area contributed by atoms with E-state index in [1.807, 2.05) is 0 Å². The summed E-state index contributed by atoms with van der Waals surface area (Å²) in [4.78, 5) is 28.9. The molecule has 0 aromatic heterocycles. The average molecular weight is 274 g/mol. The first-order valence-electron chi connectivity index (χ1n) is 5.19. The van der Waals surface area contributed by atoms with E-state index < -0.39 is 11.9 Å². The Labute approximate surface area is 111 Å². The topological polar surface area (TPSA) is 113 Å². The molecular weight excluding hydrogens is 256 g/mol. The summed E-state index contributed by atoms with van der Waals surface area (Å²) in [7, 11) is 0. The zero-order chi connectivity index (χ0) is 15.4. The van der Waals surface area contributed by atoms with Gasteiger partial charge in [-0.05, 0) is 6.92 Å². The van der Waals surface area contributed by atoms with E-state index in [9.17, 15) is 9.59 Å². The maximum absolute atomic E-state index is 10.7. The van der Waals surface area contributed by atoms with Crippen molar-refractivity contribution in [1.29, 1.82) is 0 Å². The maximum Gasteiger partial charge on any atom is 0.333 e. The van der Waals surface area contributed by atoms with Crippen LogP contribution in [0.3, 0.4) is 0 Å². The van der Waals surface area contributed by atoms with Crippen LogP contribution in [0.15, 0.2) is 24.8 Å². The second-order valence-electron chi connectivity index (χ2n) is 3.40. The second kappa shape index (κ2) is 11.0. The fraction of sp³-hybridized carbons (Fsp3) is 0.417. The highest BCUT2D eigenvalue weighted by Crippen LogP contribution is 2.09. The highest BCUT2D eigenvalue weighted by atomic mass is 16.6. The Kier molecular flexibility index (Phi) is 11.1. The van der Waals surface area contributed by atoms with Crippen LogP contribution >= 0.6 is 0 Å². The molecule has 108 valence electrons. The molecule has 7 nitrogen and oxygen atoms in total. The molecule has 1 unspecified atom stereocenters. The highest BCUT2D eigenvalue weighted by molar-refractivity contribution is 5.86. The van der Waals surface area contributed by atoms with E-state index in [1.54, 1.807) is 6.92 Å². The molecular formula is C12H18O7. The van der Waals surface area contributed by atoms with E-state index in [2.05, 4.69) is 13.2 Å². The SMILES string of the molecule is C=C(C)C(=O)OCC1CO1.C=CC(=O)O.CC(=O)O. The number of rotatable bonds is 4. The van der Waals surface area contributed by atoms with Crippen molar-refractivity contribution < 1.29 is 34.1 Å². The number of carbonyl (C=O) groups is 3. The van der Waals surface area contributed by atoms with Gasteiger partial charge in [-0.2, -0.15) is 0 Å². The predicted molar refractivity (Wildman–Crippen MR) is 66.7 cm³/mol. The Bertz CT molecular complexity index is 338. The third kappa shape index (κ3) is 21.7. The van der Waals surface area contributed by atoms with Gasteiger partial charge in [-0.1, -0.05) is 13.2 Å². The van der Waals surface area contributed by atoms with E-state index in [4.69, 9.17) is 24.5 Å². The van der Waals surface area contributed by atoms with Gasteiger partial charge in [0.1, 0.15) is 12.7 Å². The van der Waals surface area contributed by atoms with Crippen molar-refractivity contribution in [2.75, 3.05) is 13.2 Å². The number of carboxylic acid groups (broad SMARTS) is 2. The average Bonchev–Trinajstić information content (AvgIpc) is 3.09. The van der Waals surface area contributed by atoms with Gasteiger partial charge in [-0.3, -0.25) is 4.79 Å². The first-order chi connectivity index (χ1) is 8.70. The van der Waals surface area contributed by atoms with Gasteiger partial charge in [-0.25, -0.2) is 9.59 Å².